The Morgan fingerprint density at radius 2 is 1.47 bits per heavy atom. The molecular weight excluding hydrogens is 438 g/mol. The predicted octanol–water partition coefficient (Wildman–Crippen LogP) is 4.54. The van der Waals surface area contributed by atoms with E-state index >= 15 is 0 Å². The van der Waals surface area contributed by atoms with Crippen LogP contribution in [0.5, 0.6) is 0 Å². The summed E-state index contributed by atoms with van der Waals surface area (Å²) in [5.74, 6) is -2.63. The number of benzene rings is 1. The van der Waals surface area contributed by atoms with Crippen molar-refractivity contribution in [1.82, 2.24) is 5.48 Å². The van der Waals surface area contributed by atoms with Crippen LogP contribution in [0.1, 0.15) is 91.1 Å². The van der Waals surface area contributed by atoms with E-state index in [2.05, 4.69) is 5.48 Å². The summed E-state index contributed by atoms with van der Waals surface area (Å²) in [7, 11) is 0. The van der Waals surface area contributed by atoms with Crippen LogP contribution in [0.3, 0.4) is 0 Å². The molecule has 1 aromatic carbocycles. The lowest BCUT2D eigenvalue weighted by molar-refractivity contribution is -0.166. The Morgan fingerprint density at radius 1 is 0.882 bits per heavy atom. The molecule has 0 radical (unpaired) electrons. The first kappa shape index (κ1) is 29.1. The van der Waals surface area contributed by atoms with Gasteiger partial charge >= 0.3 is 17.9 Å². The molecule has 0 aliphatic rings. The first-order valence-corrected chi connectivity index (χ1v) is 11.4. The molecule has 0 spiro atoms. The third-order valence-corrected chi connectivity index (χ3v) is 4.37. The van der Waals surface area contributed by atoms with Crippen LogP contribution in [0.4, 0.5) is 0 Å². The van der Waals surface area contributed by atoms with Crippen molar-refractivity contribution in [1.29, 1.82) is 0 Å². The molecule has 0 saturated heterocycles. The maximum absolute atomic E-state index is 12.8. The third-order valence-electron chi connectivity index (χ3n) is 4.37. The molecule has 190 valence electrons. The van der Waals surface area contributed by atoms with E-state index in [0.29, 0.717) is 5.56 Å². The van der Waals surface area contributed by atoms with Gasteiger partial charge in [-0.2, -0.15) is 5.48 Å². The fourth-order valence-electron chi connectivity index (χ4n) is 2.75. The molecule has 0 saturated carbocycles. The van der Waals surface area contributed by atoms with Crippen LogP contribution in [0, 0.1) is 11.3 Å². The van der Waals surface area contributed by atoms with Gasteiger partial charge < -0.3 is 14.3 Å². The Kier molecular flexibility index (Phi) is 9.84. The Hall–Kier alpha value is -2.90. The first-order chi connectivity index (χ1) is 15.4. The lowest BCUT2D eigenvalue weighted by atomic mass is 9.93. The highest BCUT2D eigenvalue weighted by atomic mass is 16.7. The monoisotopic (exact) mass is 477 g/mol. The maximum atomic E-state index is 12.8. The Bertz CT molecular complexity index is 886. The number of ether oxygens (including phenoxy) is 2. The summed E-state index contributed by atoms with van der Waals surface area (Å²) in [6.45, 7) is 15.7. The molecule has 1 rings (SSSR count). The zero-order valence-corrected chi connectivity index (χ0v) is 21.9. The number of hydrogen-bond donors (Lipinski definition) is 1. The lowest BCUT2D eigenvalue weighted by Crippen LogP contribution is -2.34. The molecule has 0 aliphatic heterocycles. The van der Waals surface area contributed by atoms with Crippen LogP contribution in [-0.4, -0.2) is 35.0 Å². The number of carbonyl (C=O) groups excluding carboxylic acids is 4. The summed E-state index contributed by atoms with van der Waals surface area (Å²) < 4.78 is 11.0. The molecule has 1 N–H and O–H groups in total. The van der Waals surface area contributed by atoms with E-state index in [0.717, 1.165) is 5.56 Å². The standard InChI is InChI=1S/C26H39NO7/c1-24(2,3)23(31)34-27-20(28)14-13-19(22(30)33-26(7,8)9)16-17-11-10-12-18(15-17)21(29)32-25(4,5)6/h10-12,15,19H,13-14,16H2,1-9H3,(H,27,28). The number of nitrogens with one attached hydrogen (secondary N) is 1. The van der Waals surface area contributed by atoms with Crippen molar-refractivity contribution in [3.05, 3.63) is 35.4 Å². The highest BCUT2D eigenvalue weighted by Gasteiger charge is 2.28. The molecule has 8 heteroatoms. The van der Waals surface area contributed by atoms with E-state index in [9.17, 15) is 19.2 Å². The van der Waals surface area contributed by atoms with Gasteiger partial charge in [0.15, 0.2) is 0 Å². The second kappa shape index (κ2) is 11.5. The molecule has 8 nitrogen and oxygen atoms in total. The molecule has 1 amide bonds. The average Bonchev–Trinajstić information content (AvgIpc) is 2.66. The van der Waals surface area contributed by atoms with Gasteiger partial charge in [-0.3, -0.25) is 9.59 Å². The van der Waals surface area contributed by atoms with Crippen molar-refractivity contribution >= 4 is 23.8 Å². The molecule has 1 atom stereocenters. The largest absolute Gasteiger partial charge is 0.460 e. The minimum absolute atomic E-state index is 0.0485. The van der Waals surface area contributed by atoms with Gasteiger partial charge in [0.1, 0.15) is 11.2 Å². The second-order valence-corrected chi connectivity index (χ2v) is 11.3. The normalized spacial score (nSPS) is 13.0. The number of carbonyl (C=O) groups is 4. The zero-order chi connectivity index (χ0) is 26.3. The topological polar surface area (TPSA) is 108 Å². The van der Waals surface area contributed by atoms with Crippen molar-refractivity contribution in [3.8, 4) is 0 Å². The summed E-state index contributed by atoms with van der Waals surface area (Å²) in [6.07, 6.45) is 0.387. The smallest absolute Gasteiger partial charge is 0.338 e. The van der Waals surface area contributed by atoms with Gasteiger partial charge in [0.25, 0.3) is 5.91 Å². The maximum Gasteiger partial charge on any atom is 0.338 e. The number of amides is 1. The number of esters is 2. The molecule has 1 unspecified atom stereocenters. The molecule has 0 aliphatic carbocycles. The zero-order valence-electron chi connectivity index (χ0n) is 21.9. The summed E-state index contributed by atoms with van der Waals surface area (Å²) in [4.78, 5) is 54.2. The van der Waals surface area contributed by atoms with E-state index in [1.165, 1.54) is 0 Å². The van der Waals surface area contributed by atoms with Gasteiger partial charge in [-0.05, 0) is 92.9 Å². The Morgan fingerprint density at radius 3 is 2.00 bits per heavy atom. The molecule has 1 aromatic rings. The van der Waals surface area contributed by atoms with Gasteiger partial charge in [0.2, 0.25) is 0 Å². The van der Waals surface area contributed by atoms with Crippen LogP contribution in [-0.2, 0) is 35.1 Å². The first-order valence-electron chi connectivity index (χ1n) is 11.4. The highest BCUT2D eigenvalue weighted by molar-refractivity contribution is 5.90. The van der Waals surface area contributed by atoms with Crippen molar-refractivity contribution in [3.63, 3.8) is 0 Å². The lowest BCUT2D eigenvalue weighted by Gasteiger charge is -2.24. The number of rotatable bonds is 7. The molecule has 0 aromatic heterocycles. The summed E-state index contributed by atoms with van der Waals surface area (Å²) >= 11 is 0. The third kappa shape index (κ3) is 11.3. The Balaban J connectivity index is 2.93. The predicted molar refractivity (Wildman–Crippen MR) is 128 cm³/mol. The van der Waals surface area contributed by atoms with Crippen LogP contribution in [0.2, 0.25) is 0 Å². The molecule has 0 fully saturated rings. The van der Waals surface area contributed by atoms with Crippen molar-refractivity contribution in [2.45, 2.75) is 92.8 Å². The minimum Gasteiger partial charge on any atom is -0.460 e. The van der Waals surface area contributed by atoms with Crippen molar-refractivity contribution < 1.29 is 33.5 Å². The van der Waals surface area contributed by atoms with Crippen LogP contribution >= 0.6 is 0 Å². The van der Waals surface area contributed by atoms with E-state index in [1.807, 2.05) is 0 Å². The fourth-order valence-corrected chi connectivity index (χ4v) is 2.75. The van der Waals surface area contributed by atoms with Crippen LogP contribution < -0.4 is 5.48 Å². The van der Waals surface area contributed by atoms with Gasteiger partial charge in [-0.25, -0.2) is 9.59 Å². The van der Waals surface area contributed by atoms with Crippen LogP contribution in [0.25, 0.3) is 0 Å². The summed E-state index contributed by atoms with van der Waals surface area (Å²) in [5, 5.41) is 0. The Labute approximate surface area is 202 Å². The fraction of sp³-hybridized carbons (Fsp3) is 0.615. The number of hydroxylamine groups is 1. The average molecular weight is 478 g/mol. The SMILES string of the molecule is CC(C)(C)OC(=O)c1cccc(CC(CCC(=O)NOC(=O)C(C)(C)C)C(=O)OC(C)(C)C)c1. The minimum atomic E-state index is -0.758. The van der Waals surface area contributed by atoms with Gasteiger partial charge in [0.05, 0.1) is 16.9 Å². The molecule has 0 bridgehead atoms. The van der Waals surface area contributed by atoms with E-state index < -0.39 is 46.4 Å². The van der Waals surface area contributed by atoms with Crippen molar-refractivity contribution in [2.24, 2.45) is 11.3 Å². The van der Waals surface area contributed by atoms with E-state index in [4.69, 9.17) is 14.3 Å². The van der Waals surface area contributed by atoms with Gasteiger partial charge in [-0.15, -0.1) is 0 Å². The molecule has 0 heterocycles. The second-order valence-electron chi connectivity index (χ2n) is 11.3. The molecule has 34 heavy (non-hydrogen) atoms. The molecular formula is C26H39NO7. The van der Waals surface area contributed by atoms with Gasteiger partial charge in [0, 0.05) is 6.42 Å². The van der Waals surface area contributed by atoms with Gasteiger partial charge in [-0.1, -0.05) is 12.1 Å². The highest BCUT2D eigenvalue weighted by Crippen LogP contribution is 2.22. The summed E-state index contributed by atoms with van der Waals surface area (Å²) in [5.41, 5.74) is 1.17. The van der Waals surface area contributed by atoms with Crippen LogP contribution in [0.15, 0.2) is 24.3 Å². The quantitative estimate of drug-likeness (QED) is 0.349. The van der Waals surface area contributed by atoms with E-state index in [-0.39, 0.29) is 19.3 Å². The summed E-state index contributed by atoms with van der Waals surface area (Å²) in [6, 6.07) is 6.85. The number of hydrogen-bond acceptors (Lipinski definition) is 7. The van der Waals surface area contributed by atoms with Crippen molar-refractivity contribution in [2.75, 3.05) is 0 Å². The van der Waals surface area contributed by atoms with E-state index in [1.54, 1.807) is 86.6 Å².